The van der Waals surface area contributed by atoms with E-state index in [0.29, 0.717) is 18.6 Å². The van der Waals surface area contributed by atoms with E-state index >= 15 is 0 Å². The van der Waals surface area contributed by atoms with E-state index < -0.39 is 0 Å². The maximum Gasteiger partial charge on any atom is 0.101 e. The second-order valence-electron chi connectivity index (χ2n) is 4.85. The molecule has 2 atom stereocenters. The van der Waals surface area contributed by atoms with Crippen molar-refractivity contribution in [1.82, 2.24) is 0 Å². The molecule has 0 spiro atoms. The highest BCUT2D eigenvalue weighted by Crippen LogP contribution is 2.32. The summed E-state index contributed by atoms with van der Waals surface area (Å²) in [6.07, 6.45) is 3.50. The van der Waals surface area contributed by atoms with Gasteiger partial charge in [-0.15, -0.1) is 0 Å². The standard InChI is InChI=1S/C14H18BrN3/c1-10-3-2-4-13(9-17)18(10)14-6-5-12(15)7-11(14)8-16/h5-7,10,13H,2-4,9,17H2,1H3. The number of halogens is 1. The quantitative estimate of drug-likeness (QED) is 0.913. The zero-order valence-corrected chi connectivity index (χ0v) is 12.2. The molecular formula is C14H18BrN3. The van der Waals surface area contributed by atoms with E-state index in [2.05, 4.69) is 33.8 Å². The highest BCUT2D eigenvalue weighted by atomic mass is 79.9. The number of hydrogen-bond acceptors (Lipinski definition) is 3. The van der Waals surface area contributed by atoms with E-state index in [1.165, 1.54) is 6.42 Å². The Labute approximate surface area is 117 Å². The zero-order valence-electron chi connectivity index (χ0n) is 10.6. The number of hydrogen-bond donors (Lipinski definition) is 1. The van der Waals surface area contributed by atoms with Crippen molar-refractivity contribution < 1.29 is 0 Å². The summed E-state index contributed by atoms with van der Waals surface area (Å²) >= 11 is 3.41. The van der Waals surface area contributed by atoms with E-state index in [1.807, 2.05) is 18.2 Å². The number of nitrogens with zero attached hydrogens (tertiary/aromatic N) is 2. The molecule has 0 radical (unpaired) electrons. The third kappa shape index (κ3) is 2.52. The van der Waals surface area contributed by atoms with Gasteiger partial charge in [0.05, 0.1) is 11.3 Å². The molecule has 1 fully saturated rings. The fourth-order valence-electron chi connectivity index (χ4n) is 2.78. The largest absolute Gasteiger partial charge is 0.364 e. The van der Waals surface area contributed by atoms with Gasteiger partial charge in [0.1, 0.15) is 6.07 Å². The topological polar surface area (TPSA) is 53.0 Å². The molecule has 2 N–H and O–H groups in total. The molecule has 0 aromatic heterocycles. The van der Waals surface area contributed by atoms with Crippen molar-refractivity contribution in [3.63, 3.8) is 0 Å². The maximum atomic E-state index is 9.29. The predicted octanol–water partition coefficient (Wildman–Crippen LogP) is 3.03. The fourth-order valence-corrected chi connectivity index (χ4v) is 3.14. The Morgan fingerprint density at radius 1 is 1.50 bits per heavy atom. The van der Waals surface area contributed by atoms with Gasteiger partial charge in [0.15, 0.2) is 0 Å². The Kier molecular flexibility index (Phi) is 4.26. The van der Waals surface area contributed by atoms with Crippen LogP contribution in [0.4, 0.5) is 5.69 Å². The number of rotatable bonds is 2. The van der Waals surface area contributed by atoms with E-state index in [0.717, 1.165) is 28.6 Å². The Bertz CT molecular complexity index is 467. The first-order chi connectivity index (χ1) is 8.67. The summed E-state index contributed by atoms with van der Waals surface area (Å²) in [4.78, 5) is 2.33. The van der Waals surface area contributed by atoms with E-state index in [4.69, 9.17) is 5.73 Å². The lowest BCUT2D eigenvalue weighted by atomic mass is 9.94. The highest BCUT2D eigenvalue weighted by Gasteiger charge is 2.28. The van der Waals surface area contributed by atoms with Gasteiger partial charge in [-0.25, -0.2) is 0 Å². The van der Waals surface area contributed by atoms with E-state index in [-0.39, 0.29) is 0 Å². The van der Waals surface area contributed by atoms with Gasteiger partial charge in [-0.05, 0) is 44.4 Å². The molecule has 0 saturated carbocycles. The maximum absolute atomic E-state index is 9.29. The molecule has 2 unspecified atom stereocenters. The first-order valence-corrected chi connectivity index (χ1v) is 7.14. The minimum atomic E-state index is 0.349. The Morgan fingerprint density at radius 2 is 2.28 bits per heavy atom. The second kappa shape index (κ2) is 5.73. The van der Waals surface area contributed by atoms with Crippen LogP contribution >= 0.6 is 15.9 Å². The van der Waals surface area contributed by atoms with Gasteiger partial charge >= 0.3 is 0 Å². The predicted molar refractivity (Wildman–Crippen MR) is 77.5 cm³/mol. The van der Waals surface area contributed by atoms with Crippen molar-refractivity contribution in [2.45, 2.75) is 38.3 Å². The molecule has 1 saturated heterocycles. The van der Waals surface area contributed by atoms with Crippen LogP contribution < -0.4 is 10.6 Å². The molecule has 1 heterocycles. The SMILES string of the molecule is CC1CCCC(CN)N1c1ccc(Br)cc1C#N. The number of piperidine rings is 1. The zero-order chi connectivity index (χ0) is 13.1. The minimum absolute atomic E-state index is 0.349. The van der Waals surface area contributed by atoms with Gasteiger partial charge in [0.25, 0.3) is 0 Å². The number of nitriles is 1. The third-order valence-corrected chi connectivity index (χ3v) is 4.15. The average Bonchev–Trinajstić information content (AvgIpc) is 2.38. The van der Waals surface area contributed by atoms with Crippen LogP contribution in [0.1, 0.15) is 31.7 Å². The highest BCUT2D eigenvalue weighted by molar-refractivity contribution is 9.10. The van der Waals surface area contributed by atoms with Gasteiger partial charge < -0.3 is 10.6 Å². The lowest BCUT2D eigenvalue weighted by molar-refractivity contribution is 0.400. The molecule has 0 amide bonds. The van der Waals surface area contributed by atoms with Crippen LogP contribution in [0.2, 0.25) is 0 Å². The number of anilines is 1. The molecule has 1 aromatic carbocycles. The third-order valence-electron chi connectivity index (χ3n) is 3.66. The summed E-state index contributed by atoms with van der Waals surface area (Å²) in [7, 11) is 0. The Balaban J connectivity index is 2.42. The molecule has 18 heavy (non-hydrogen) atoms. The van der Waals surface area contributed by atoms with Crippen LogP contribution in [0.15, 0.2) is 22.7 Å². The molecular weight excluding hydrogens is 290 g/mol. The van der Waals surface area contributed by atoms with Gasteiger partial charge in [-0.2, -0.15) is 5.26 Å². The lowest BCUT2D eigenvalue weighted by Crippen LogP contribution is -2.49. The van der Waals surface area contributed by atoms with E-state index in [9.17, 15) is 5.26 Å². The van der Waals surface area contributed by atoms with Crippen molar-refractivity contribution in [2.75, 3.05) is 11.4 Å². The minimum Gasteiger partial charge on any atom is -0.364 e. The first-order valence-electron chi connectivity index (χ1n) is 6.35. The summed E-state index contributed by atoms with van der Waals surface area (Å²) in [6.45, 7) is 2.86. The number of nitrogens with two attached hydrogens (primary N) is 1. The van der Waals surface area contributed by atoms with Crippen LogP contribution in [-0.4, -0.2) is 18.6 Å². The van der Waals surface area contributed by atoms with E-state index in [1.54, 1.807) is 0 Å². The Hall–Kier alpha value is -1.05. The Morgan fingerprint density at radius 3 is 2.94 bits per heavy atom. The van der Waals surface area contributed by atoms with Crippen LogP contribution in [0.3, 0.4) is 0 Å². The van der Waals surface area contributed by atoms with Gasteiger partial charge in [-0.1, -0.05) is 15.9 Å². The van der Waals surface area contributed by atoms with Gasteiger partial charge in [0.2, 0.25) is 0 Å². The van der Waals surface area contributed by atoms with Crippen LogP contribution in [0.25, 0.3) is 0 Å². The van der Waals surface area contributed by atoms with Gasteiger partial charge in [-0.3, -0.25) is 0 Å². The average molecular weight is 308 g/mol. The molecule has 1 aromatic rings. The van der Waals surface area contributed by atoms with Crippen LogP contribution in [-0.2, 0) is 0 Å². The van der Waals surface area contributed by atoms with Crippen molar-refractivity contribution in [3.05, 3.63) is 28.2 Å². The molecule has 3 nitrogen and oxygen atoms in total. The summed E-state index contributed by atoms with van der Waals surface area (Å²) in [5, 5.41) is 9.29. The van der Waals surface area contributed by atoms with Crippen molar-refractivity contribution in [1.29, 1.82) is 5.26 Å². The first kappa shape index (κ1) is 13.4. The van der Waals surface area contributed by atoms with Crippen LogP contribution in [0, 0.1) is 11.3 Å². The molecule has 96 valence electrons. The lowest BCUT2D eigenvalue weighted by Gasteiger charge is -2.42. The smallest absolute Gasteiger partial charge is 0.101 e. The van der Waals surface area contributed by atoms with Crippen molar-refractivity contribution in [3.8, 4) is 6.07 Å². The molecule has 2 rings (SSSR count). The van der Waals surface area contributed by atoms with Crippen molar-refractivity contribution in [2.24, 2.45) is 5.73 Å². The fraction of sp³-hybridized carbons (Fsp3) is 0.500. The summed E-state index contributed by atoms with van der Waals surface area (Å²) in [5.74, 6) is 0. The van der Waals surface area contributed by atoms with Gasteiger partial charge in [0, 0.05) is 23.1 Å². The monoisotopic (exact) mass is 307 g/mol. The molecule has 4 heteroatoms. The molecule has 0 bridgehead atoms. The van der Waals surface area contributed by atoms with Crippen molar-refractivity contribution >= 4 is 21.6 Å². The summed E-state index contributed by atoms with van der Waals surface area (Å²) in [6, 6.07) is 8.97. The second-order valence-corrected chi connectivity index (χ2v) is 5.77. The normalized spacial score (nSPS) is 23.8. The van der Waals surface area contributed by atoms with Crippen LogP contribution in [0.5, 0.6) is 0 Å². The summed E-state index contributed by atoms with van der Waals surface area (Å²) in [5.41, 5.74) is 7.62. The molecule has 1 aliphatic rings. The molecule has 0 aliphatic carbocycles. The molecule has 1 aliphatic heterocycles. The summed E-state index contributed by atoms with van der Waals surface area (Å²) < 4.78 is 0.941. The number of benzene rings is 1.